The predicted molar refractivity (Wildman–Crippen MR) is 190 cm³/mol. The molecule has 1 amide bonds. The van der Waals surface area contributed by atoms with Gasteiger partial charge in [-0.05, 0) is 81.8 Å². The van der Waals surface area contributed by atoms with E-state index in [1.165, 1.54) is 27.9 Å². The van der Waals surface area contributed by atoms with Gasteiger partial charge in [-0.2, -0.15) is 0 Å². The van der Waals surface area contributed by atoms with Gasteiger partial charge in [0.05, 0.1) is 47.6 Å². The number of hydrogen-bond donors (Lipinski definition) is 6. The zero-order valence-electron chi connectivity index (χ0n) is 33.4. The summed E-state index contributed by atoms with van der Waals surface area (Å²) in [5.74, 6) is -4.03. The highest BCUT2D eigenvalue weighted by Gasteiger charge is 2.52. The Morgan fingerprint density at radius 2 is 1.54 bits per heavy atom. The molecule has 0 aliphatic carbocycles. The standard InChI is InChI=1S/C37H68N2O13/c1-14-25-37(10,46)29(41)22(6)38-32(43)18(2)16-35(8,45)31(52-34-27(40)24(39(11)12)15-19(3)48-34)20(4)28(21(5)33(44)50-25)51-26-17-36(9,47-13)30(42)23(7)49-26/h18-31,34,40-42,45-46H,14-17H2,1-13H3,(H,38,43)/t18-,19-,20+,21-,22-,23+,24+,25-,26-,27-,28+,29-,30-,31-,34-,35-,36+,37-/m1/s1. The maximum atomic E-state index is 14.1. The minimum absolute atomic E-state index is 0.0853. The van der Waals surface area contributed by atoms with Gasteiger partial charge in [0.2, 0.25) is 5.91 Å². The fourth-order valence-electron chi connectivity index (χ4n) is 8.24. The molecule has 0 spiro atoms. The van der Waals surface area contributed by atoms with Crippen molar-refractivity contribution in [3.8, 4) is 0 Å². The van der Waals surface area contributed by atoms with Crippen LogP contribution >= 0.6 is 0 Å². The quantitative estimate of drug-likeness (QED) is 0.202. The number of rotatable bonds is 7. The van der Waals surface area contributed by atoms with Crippen molar-refractivity contribution in [3.63, 3.8) is 0 Å². The van der Waals surface area contributed by atoms with Crippen LogP contribution in [0.2, 0.25) is 0 Å². The third kappa shape index (κ3) is 9.83. The van der Waals surface area contributed by atoms with Crippen LogP contribution in [0.1, 0.15) is 94.9 Å². The number of cyclic esters (lactones) is 1. The molecule has 3 aliphatic heterocycles. The summed E-state index contributed by atoms with van der Waals surface area (Å²) in [6, 6.07) is -1.29. The fraction of sp³-hybridized carbons (Fsp3) is 0.946. The first-order valence-corrected chi connectivity index (χ1v) is 18.7. The number of amides is 1. The smallest absolute Gasteiger partial charge is 0.311 e. The lowest BCUT2D eigenvalue weighted by atomic mass is 9.77. The van der Waals surface area contributed by atoms with E-state index in [1.54, 1.807) is 41.5 Å². The lowest BCUT2D eigenvalue weighted by Crippen LogP contribution is -2.60. The number of likely N-dealkylation sites (N-methyl/N-ethyl adjacent to an activating group) is 1. The molecule has 0 aromatic heterocycles. The molecule has 52 heavy (non-hydrogen) atoms. The van der Waals surface area contributed by atoms with Gasteiger partial charge in [-0.3, -0.25) is 9.59 Å². The average molecular weight is 749 g/mol. The van der Waals surface area contributed by atoms with E-state index < -0.39 is 108 Å². The van der Waals surface area contributed by atoms with Crippen molar-refractivity contribution in [3.05, 3.63) is 0 Å². The van der Waals surface area contributed by atoms with Crippen molar-refractivity contribution in [2.45, 2.75) is 185 Å². The highest BCUT2D eigenvalue weighted by molar-refractivity contribution is 5.78. The summed E-state index contributed by atoms with van der Waals surface area (Å²) in [7, 11) is 5.17. The molecule has 3 aliphatic rings. The van der Waals surface area contributed by atoms with Crippen molar-refractivity contribution in [2.24, 2.45) is 17.8 Å². The molecule has 15 heteroatoms. The molecule has 6 N–H and O–H groups in total. The minimum Gasteiger partial charge on any atom is -0.459 e. The second-order valence-electron chi connectivity index (χ2n) is 16.6. The van der Waals surface area contributed by atoms with E-state index in [0.29, 0.717) is 6.42 Å². The van der Waals surface area contributed by atoms with Crippen molar-refractivity contribution in [1.29, 1.82) is 0 Å². The summed E-state index contributed by atoms with van der Waals surface area (Å²) in [6.07, 6.45) is -9.73. The normalized spacial score (nSPS) is 49.1. The number of nitrogens with one attached hydrogen (secondary N) is 1. The van der Waals surface area contributed by atoms with E-state index >= 15 is 0 Å². The van der Waals surface area contributed by atoms with Gasteiger partial charge in [-0.1, -0.05) is 20.8 Å². The molecule has 0 radical (unpaired) electrons. The number of nitrogens with zero attached hydrogens (tertiary/aromatic N) is 1. The Bertz CT molecular complexity index is 1190. The molecular formula is C37H68N2O13. The molecule has 3 saturated heterocycles. The van der Waals surface area contributed by atoms with Crippen LogP contribution in [0.25, 0.3) is 0 Å². The summed E-state index contributed by atoms with van der Waals surface area (Å²) in [5, 5.41) is 60.3. The second-order valence-corrected chi connectivity index (χ2v) is 16.6. The Hall–Kier alpha value is -1.50. The Kier molecular flexibility index (Phi) is 15.1. The number of carbonyl (C=O) groups is 2. The number of ether oxygens (including phenoxy) is 6. The van der Waals surface area contributed by atoms with Crippen LogP contribution in [0.4, 0.5) is 0 Å². The van der Waals surface area contributed by atoms with Gasteiger partial charge >= 0.3 is 5.97 Å². The van der Waals surface area contributed by atoms with Crippen LogP contribution in [0.3, 0.4) is 0 Å². The average Bonchev–Trinajstić information content (AvgIpc) is 3.06. The van der Waals surface area contributed by atoms with Gasteiger partial charge < -0.3 is 64.2 Å². The van der Waals surface area contributed by atoms with Gasteiger partial charge in [0, 0.05) is 31.4 Å². The Morgan fingerprint density at radius 3 is 2.10 bits per heavy atom. The first-order valence-electron chi connectivity index (χ1n) is 18.7. The van der Waals surface area contributed by atoms with E-state index in [1.807, 2.05) is 25.9 Å². The molecule has 3 rings (SSSR count). The Labute approximate surface area is 309 Å². The molecule has 15 nitrogen and oxygen atoms in total. The van der Waals surface area contributed by atoms with Crippen molar-refractivity contribution in [2.75, 3.05) is 21.2 Å². The van der Waals surface area contributed by atoms with E-state index in [4.69, 9.17) is 28.4 Å². The van der Waals surface area contributed by atoms with Crippen LogP contribution in [0.15, 0.2) is 0 Å². The van der Waals surface area contributed by atoms with Crippen LogP contribution in [-0.2, 0) is 38.0 Å². The number of aliphatic hydroxyl groups is 5. The number of hydrogen-bond acceptors (Lipinski definition) is 14. The van der Waals surface area contributed by atoms with Crippen molar-refractivity contribution in [1.82, 2.24) is 10.2 Å². The molecular weight excluding hydrogens is 680 g/mol. The SMILES string of the molecule is CC[C@H]1OC(=O)[C@H](C)[C@@H](O[C@@H]2C[C@](C)(OC)[C@H](O)[C@H](C)O2)[C@H](C)[C@@H](O[C@H]2O[C@H](C)C[C@H](N(C)C)[C@H]2O)[C@](C)(O)C[C@@H](C)C(=O)N[C@H](C)[C@@H](O)[C@]1(C)O. The first kappa shape index (κ1) is 44.9. The molecule has 0 aromatic rings. The van der Waals surface area contributed by atoms with Gasteiger partial charge in [0.1, 0.15) is 30.0 Å². The monoisotopic (exact) mass is 748 g/mol. The van der Waals surface area contributed by atoms with E-state index in [-0.39, 0.29) is 31.4 Å². The Morgan fingerprint density at radius 1 is 0.923 bits per heavy atom. The molecule has 0 aromatic carbocycles. The van der Waals surface area contributed by atoms with E-state index in [2.05, 4.69) is 5.32 Å². The molecule has 0 saturated carbocycles. The lowest BCUT2D eigenvalue weighted by molar-refractivity contribution is -0.317. The molecule has 18 atom stereocenters. The van der Waals surface area contributed by atoms with Gasteiger partial charge in [0.25, 0.3) is 0 Å². The Balaban J connectivity index is 2.18. The highest BCUT2D eigenvalue weighted by atomic mass is 16.7. The fourth-order valence-corrected chi connectivity index (χ4v) is 8.24. The summed E-state index contributed by atoms with van der Waals surface area (Å²) in [4.78, 5) is 29.5. The topological polar surface area (TPSA) is 206 Å². The van der Waals surface area contributed by atoms with Crippen molar-refractivity contribution >= 4 is 11.9 Å². The number of methoxy groups -OCH3 is 1. The van der Waals surface area contributed by atoms with E-state index in [0.717, 1.165) is 0 Å². The summed E-state index contributed by atoms with van der Waals surface area (Å²) in [5.41, 5.74) is -4.82. The zero-order chi connectivity index (χ0) is 39.7. The summed E-state index contributed by atoms with van der Waals surface area (Å²) in [6.45, 7) is 16.3. The second kappa shape index (κ2) is 17.5. The predicted octanol–water partition coefficient (Wildman–Crippen LogP) is 1.09. The minimum atomic E-state index is -1.97. The third-order valence-electron chi connectivity index (χ3n) is 11.7. The molecule has 3 heterocycles. The molecule has 3 fully saturated rings. The van der Waals surface area contributed by atoms with Crippen LogP contribution < -0.4 is 5.32 Å². The van der Waals surface area contributed by atoms with Crippen LogP contribution in [0, 0.1) is 17.8 Å². The summed E-state index contributed by atoms with van der Waals surface area (Å²) >= 11 is 0. The molecule has 0 unspecified atom stereocenters. The largest absolute Gasteiger partial charge is 0.459 e. The number of esters is 1. The summed E-state index contributed by atoms with van der Waals surface area (Å²) < 4.78 is 37.1. The van der Waals surface area contributed by atoms with E-state index in [9.17, 15) is 35.1 Å². The maximum Gasteiger partial charge on any atom is 0.311 e. The van der Waals surface area contributed by atoms with Gasteiger partial charge in [0.15, 0.2) is 12.6 Å². The molecule has 304 valence electrons. The third-order valence-corrected chi connectivity index (χ3v) is 11.7. The lowest BCUT2D eigenvalue weighted by Gasteiger charge is -2.48. The maximum absolute atomic E-state index is 14.1. The highest BCUT2D eigenvalue weighted by Crippen LogP contribution is 2.40. The first-order chi connectivity index (χ1) is 23.9. The van der Waals surface area contributed by atoms with Crippen molar-refractivity contribution < 1.29 is 63.5 Å². The number of aliphatic hydroxyl groups excluding tert-OH is 3. The zero-order valence-corrected chi connectivity index (χ0v) is 33.4. The van der Waals surface area contributed by atoms with Gasteiger partial charge in [-0.15, -0.1) is 0 Å². The van der Waals surface area contributed by atoms with Crippen LogP contribution in [0.5, 0.6) is 0 Å². The van der Waals surface area contributed by atoms with Gasteiger partial charge in [-0.25, -0.2) is 0 Å². The van der Waals surface area contributed by atoms with Crippen LogP contribution in [-0.4, -0.2) is 154 Å². The molecule has 0 bridgehead atoms. The number of carbonyl (C=O) groups excluding carboxylic acids is 2.